The van der Waals surface area contributed by atoms with Gasteiger partial charge in [0.2, 0.25) is 5.91 Å². The van der Waals surface area contributed by atoms with Gasteiger partial charge in [-0.2, -0.15) is 0 Å². The van der Waals surface area contributed by atoms with Crippen molar-refractivity contribution in [2.24, 2.45) is 0 Å². The second kappa shape index (κ2) is 7.23. The van der Waals surface area contributed by atoms with Gasteiger partial charge < -0.3 is 4.90 Å². The number of carbonyl (C=O) groups is 1. The molecule has 3 unspecified atom stereocenters. The lowest BCUT2D eigenvalue weighted by Gasteiger charge is -2.34. The maximum atomic E-state index is 12.9. The molecule has 1 aliphatic rings. The number of likely N-dealkylation sites (N-methyl/N-ethyl adjacent to an activating group) is 1. The molecule has 1 aromatic carbocycles. The Hall–Kier alpha value is -1.42. The van der Waals surface area contributed by atoms with E-state index in [1.807, 2.05) is 14.0 Å². The van der Waals surface area contributed by atoms with Crippen molar-refractivity contribution in [1.29, 1.82) is 0 Å². The molecule has 0 N–H and O–H groups in total. The van der Waals surface area contributed by atoms with Crippen LogP contribution in [-0.4, -0.2) is 47.4 Å². The Morgan fingerprint density at radius 3 is 2.36 bits per heavy atom. The molecular weight excluding hydrogens is 279 g/mol. The topological polar surface area (TPSA) is 23.6 Å². The number of nitrogens with zero attached hydrogens (tertiary/aromatic N) is 2. The minimum atomic E-state index is -0.223. The predicted molar refractivity (Wildman–Crippen MR) is 87.2 cm³/mol. The van der Waals surface area contributed by atoms with Crippen LogP contribution in [0.1, 0.15) is 39.2 Å². The summed E-state index contributed by atoms with van der Waals surface area (Å²) < 4.78 is 12.9. The van der Waals surface area contributed by atoms with E-state index in [1.54, 1.807) is 17.0 Å². The van der Waals surface area contributed by atoms with Crippen molar-refractivity contribution in [3.8, 4) is 0 Å². The zero-order valence-electron chi connectivity index (χ0n) is 14.1. The summed E-state index contributed by atoms with van der Waals surface area (Å²) in [5.41, 5.74) is 1.05. The first-order valence-electron chi connectivity index (χ1n) is 8.17. The molecule has 1 fully saturated rings. The highest BCUT2D eigenvalue weighted by atomic mass is 19.1. The van der Waals surface area contributed by atoms with Gasteiger partial charge in [0.15, 0.2) is 0 Å². The van der Waals surface area contributed by atoms with Crippen LogP contribution in [0.3, 0.4) is 0 Å². The first-order chi connectivity index (χ1) is 10.4. The quantitative estimate of drug-likeness (QED) is 0.834. The van der Waals surface area contributed by atoms with Crippen LogP contribution in [0.5, 0.6) is 0 Å². The first-order valence-corrected chi connectivity index (χ1v) is 8.17. The molecule has 0 saturated carbocycles. The molecular formula is C18H27FN2O. The van der Waals surface area contributed by atoms with Crippen molar-refractivity contribution in [1.82, 2.24) is 9.80 Å². The molecule has 1 aromatic rings. The van der Waals surface area contributed by atoms with Crippen molar-refractivity contribution in [3.05, 3.63) is 35.6 Å². The van der Waals surface area contributed by atoms with Gasteiger partial charge in [-0.15, -0.1) is 0 Å². The largest absolute Gasteiger partial charge is 0.344 e. The van der Waals surface area contributed by atoms with Crippen molar-refractivity contribution in [2.75, 3.05) is 13.6 Å². The molecule has 0 spiro atoms. The Kier molecular flexibility index (Phi) is 5.57. The number of halogens is 1. The minimum Gasteiger partial charge on any atom is -0.344 e. The summed E-state index contributed by atoms with van der Waals surface area (Å²) in [6, 6.07) is 7.36. The van der Waals surface area contributed by atoms with Gasteiger partial charge in [0.05, 0.1) is 6.04 Å². The highest BCUT2D eigenvalue weighted by Crippen LogP contribution is 2.26. The smallest absolute Gasteiger partial charge is 0.239 e. The average Bonchev–Trinajstić information content (AvgIpc) is 2.84. The predicted octanol–water partition coefficient (Wildman–Crippen LogP) is 3.09. The number of hydrogen-bond donors (Lipinski definition) is 0. The summed E-state index contributed by atoms with van der Waals surface area (Å²) in [6.45, 7) is 7.07. The molecule has 3 atom stereocenters. The van der Waals surface area contributed by atoms with Crippen LogP contribution in [0.15, 0.2) is 24.3 Å². The fourth-order valence-electron chi connectivity index (χ4n) is 3.48. The summed E-state index contributed by atoms with van der Waals surface area (Å²) in [5, 5.41) is 0. The number of likely N-dealkylation sites (tertiary alicyclic amines) is 1. The monoisotopic (exact) mass is 306 g/mol. The highest BCUT2D eigenvalue weighted by molar-refractivity contribution is 5.81. The molecule has 1 amide bonds. The summed E-state index contributed by atoms with van der Waals surface area (Å²) in [5.74, 6) is -0.0541. The van der Waals surface area contributed by atoms with E-state index in [9.17, 15) is 9.18 Å². The molecule has 4 heteroatoms. The van der Waals surface area contributed by atoms with Gasteiger partial charge in [0.25, 0.3) is 0 Å². The molecule has 1 aliphatic heterocycles. The third kappa shape index (κ3) is 3.86. The molecule has 0 aromatic heterocycles. The summed E-state index contributed by atoms with van der Waals surface area (Å²) in [4.78, 5) is 16.7. The maximum Gasteiger partial charge on any atom is 0.239 e. The lowest BCUT2D eigenvalue weighted by Crippen LogP contribution is -2.49. The highest BCUT2D eigenvalue weighted by Gasteiger charge is 2.35. The number of hydrogen-bond acceptors (Lipinski definition) is 2. The van der Waals surface area contributed by atoms with E-state index in [0.29, 0.717) is 18.6 Å². The van der Waals surface area contributed by atoms with Gasteiger partial charge in [-0.25, -0.2) is 4.39 Å². The maximum absolute atomic E-state index is 12.9. The van der Waals surface area contributed by atoms with Gasteiger partial charge in [0, 0.05) is 25.7 Å². The van der Waals surface area contributed by atoms with E-state index in [2.05, 4.69) is 18.7 Å². The number of amides is 1. The SMILES string of the molecule is CC1CCC(C)N1C(C)C(=O)N(C)CCc1ccc(F)cc1. The molecule has 1 saturated heterocycles. The van der Waals surface area contributed by atoms with Crippen LogP contribution >= 0.6 is 0 Å². The fourth-order valence-corrected chi connectivity index (χ4v) is 3.48. The zero-order chi connectivity index (χ0) is 16.3. The van der Waals surface area contributed by atoms with Gasteiger partial charge >= 0.3 is 0 Å². The molecule has 122 valence electrons. The van der Waals surface area contributed by atoms with E-state index < -0.39 is 0 Å². The van der Waals surface area contributed by atoms with Crippen molar-refractivity contribution in [2.45, 2.75) is 58.2 Å². The number of benzene rings is 1. The van der Waals surface area contributed by atoms with Crippen molar-refractivity contribution in [3.63, 3.8) is 0 Å². The number of carbonyl (C=O) groups excluding carboxylic acids is 1. The van der Waals surface area contributed by atoms with E-state index in [4.69, 9.17) is 0 Å². The van der Waals surface area contributed by atoms with E-state index in [-0.39, 0.29) is 17.8 Å². The second-order valence-corrected chi connectivity index (χ2v) is 6.53. The molecule has 0 radical (unpaired) electrons. The van der Waals surface area contributed by atoms with E-state index in [1.165, 1.54) is 12.1 Å². The van der Waals surface area contributed by atoms with Crippen molar-refractivity contribution >= 4 is 5.91 Å². The number of rotatable bonds is 5. The van der Waals surface area contributed by atoms with Crippen LogP contribution in [0.4, 0.5) is 4.39 Å². The molecule has 0 bridgehead atoms. The standard InChI is InChI=1S/C18H27FN2O/c1-13-5-6-14(2)21(13)15(3)18(22)20(4)12-11-16-7-9-17(19)10-8-16/h7-10,13-15H,5-6,11-12H2,1-4H3. The Labute approximate surface area is 133 Å². The lowest BCUT2D eigenvalue weighted by atomic mass is 10.1. The molecule has 1 heterocycles. The minimum absolute atomic E-state index is 0.0780. The molecule has 2 rings (SSSR count). The van der Waals surface area contributed by atoms with E-state index >= 15 is 0 Å². The Bertz CT molecular complexity index is 492. The van der Waals surface area contributed by atoms with Gasteiger partial charge in [-0.3, -0.25) is 9.69 Å². The summed E-state index contributed by atoms with van der Waals surface area (Å²) in [6.07, 6.45) is 3.08. The zero-order valence-corrected chi connectivity index (χ0v) is 14.1. The summed E-state index contributed by atoms with van der Waals surface area (Å²) in [7, 11) is 1.85. The Balaban J connectivity index is 1.89. The van der Waals surface area contributed by atoms with Crippen molar-refractivity contribution < 1.29 is 9.18 Å². The fraction of sp³-hybridized carbons (Fsp3) is 0.611. The first kappa shape index (κ1) is 16.9. The third-order valence-electron chi connectivity index (χ3n) is 4.85. The Morgan fingerprint density at radius 1 is 1.27 bits per heavy atom. The molecule has 0 aliphatic carbocycles. The van der Waals surface area contributed by atoms with Gasteiger partial charge in [-0.05, 0) is 57.7 Å². The second-order valence-electron chi connectivity index (χ2n) is 6.53. The lowest BCUT2D eigenvalue weighted by molar-refractivity contribution is -0.136. The van der Waals surface area contributed by atoms with Crippen LogP contribution in [0.25, 0.3) is 0 Å². The molecule has 3 nitrogen and oxygen atoms in total. The van der Waals surface area contributed by atoms with Crippen LogP contribution in [0, 0.1) is 5.82 Å². The van der Waals surface area contributed by atoms with Crippen LogP contribution < -0.4 is 0 Å². The normalized spacial score (nSPS) is 23.5. The van der Waals surface area contributed by atoms with E-state index in [0.717, 1.165) is 24.8 Å². The van der Waals surface area contributed by atoms with Gasteiger partial charge in [0.1, 0.15) is 5.82 Å². The van der Waals surface area contributed by atoms with Crippen LogP contribution in [-0.2, 0) is 11.2 Å². The summed E-state index contributed by atoms with van der Waals surface area (Å²) >= 11 is 0. The Morgan fingerprint density at radius 2 is 1.82 bits per heavy atom. The van der Waals surface area contributed by atoms with Gasteiger partial charge in [-0.1, -0.05) is 12.1 Å². The van der Waals surface area contributed by atoms with Crippen LogP contribution in [0.2, 0.25) is 0 Å². The third-order valence-corrected chi connectivity index (χ3v) is 4.85. The molecule has 22 heavy (non-hydrogen) atoms. The average molecular weight is 306 g/mol.